The standard InChI is InChI=1S/C19H21NO3/c21-19(17-10-12-23-18-9-5-4-8-16(17)18)20-11-13-22-14-15-6-2-1-3-7-15/h1-9,17H,10-14H2,(H,20,21)/t17-/m1/s1. The molecule has 0 unspecified atom stereocenters. The summed E-state index contributed by atoms with van der Waals surface area (Å²) < 4.78 is 11.2. The summed E-state index contributed by atoms with van der Waals surface area (Å²) in [5, 5.41) is 2.96. The highest BCUT2D eigenvalue weighted by Crippen LogP contribution is 2.33. The molecule has 1 atom stereocenters. The molecule has 2 aromatic rings. The van der Waals surface area contributed by atoms with Gasteiger partial charge in [0.25, 0.3) is 0 Å². The Labute approximate surface area is 136 Å². The van der Waals surface area contributed by atoms with Crippen molar-refractivity contribution in [3.8, 4) is 5.75 Å². The lowest BCUT2D eigenvalue weighted by molar-refractivity contribution is -0.123. The monoisotopic (exact) mass is 311 g/mol. The minimum Gasteiger partial charge on any atom is -0.493 e. The van der Waals surface area contributed by atoms with Gasteiger partial charge in [-0.05, 0) is 18.1 Å². The molecule has 0 aliphatic carbocycles. The van der Waals surface area contributed by atoms with Gasteiger partial charge < -0.3 is 14.8 Å². The van der Waals surface area contributed by atoms with E-state index in [0.29, 0.717) is 32.8 Å². The number of amides is 1. The summed E-state index contributed by atoms with van der Waals surface area (Å²) in [5.41, 5.74) is 2.11. The number of carbonyl (C=O) groups is 1. The number of rotatable bonds is 6. The van der Waals surface area contributed by atoms with Crippen molar-refractivity contribution in [2.75, 3.05) is 19.8 Å². The van der Waals surface area contributed by atoms with Gasteiger partial charge in [0, 0.05) is 12.1 Å². The third kappa shape index (κ3) is 4.11. The van der Waals surface area contributed by atoms with Crippen molar-refractivity contribution in [3.05, 3.63) is 65.7 Å². The smallest absolute Gasteiger partial charge is 0.227 e. The lowest BCUT2D eigenvalue weighted by atomic mass is 9.92. The number of fused-ring (bicyclic) bond motifs is 1. The van der Waals surface area contributed by atoms with Gasteiger partial charge in [-0.15, -0.1) is 0 Å². The average molecular weight is 311 g/mol. The summed E-state index contributed by atoms with van der Waals surface area (Å²) in [6, 6.07) is 17.8. The van der Waals surface area contributed by atoms with E-state index in [9.17, 15) is 4.79 Å². The summed E-state index contributed by atoms with van der Waals surface area (Å²) in [6.45, 7) is 2.17. The molecule has 1 heterocycles. The van der Waals surface area contributed by atoms with E-state index >= 15 is 0 Å². The lowest BCUT2D eigenvalue weighted by Crippen LogP contribution is -2.34. The van der Waals surface area contributed by atoms with Crippen molar-refractivity contribution in [1.82, 2.24) is 5.32 Å². The van der Waals surface area contributed by atoms with E-state index in [2.05, 4.69) is 5.32 Å². The molecule has 0 fully saturated rings. The Morgan fingerprint density at radius 1 is 1.13 bits per heavy atom. The van der Waals surface area contributed by atoms with Gasteiger partial charge in [-0.25, -0.2) is 0 Å². The molecule has 4 heteroatoms. The summed E-state index contributed by atoms with van der Waals surface area (Å²) >= 11 is 0. The van der Waals surface area contributed by atoms with Crippen molar-refractivity contribution in [3.63, 3.8) is 0 Å². The number of para-hydroxylation sites is 1. The maximum absolute atomic E-state index is 12.4. The molecule has 1 amide bonds. The molecular formula is C19H21NO3. The van der Waals surface area contributed by atoms with Crippen molar-refractivity contribution in [2.45, 2.75) is 18.9 Å². The van der Waals surface area contributed by atoms with Gasteiger partial charge in [0.05, 0.1) is 25.7 Å². The van der Waals surface area contributed by atoms with E-state index in [1.807, 2.05) is 54.6 Å². The highest BCUT2D eigenvalue weighted by molar-refractivity contribution is 5.84. The molecule has 4 nitrogen and oxygen atoms in total. The molecule has 23 heavy (non-hydrogen) atoms. The van der Waals surface area contributed by atoms with Crippen LogP contribution in [0.1, 0.15) is 23.5 Å². The average Bonchev–Trinajstić information content (AvgIpc) is 2.61. The van der Waals surface area contributed by atoms with Crippen LogP contribution in [0.2, 0.25) is 0 Å². The van der Waals surface area contributed by atoms with Crippen molar-refractivity contribution in [1.29, 1.82) is 0 Å². The number of hydrogen-bond donors (Lipinski definition) is 1. The third-order valence-electron chi connectivity index (χ3n) is 3.93. The highest BCUT2D eigenvalue weighted by Gasteiger charge is 2.26. The quantitative estimate of drug-likeness (QED) is 0.835. The first-order valence-corrected chi connectivity index (χ1v) is 7.96. The first-order chi connectivity index (χ1) is 11.3. The number of benzene rings is 2. The van der Waals surface area contributed by atoms with Crippen LogP contribution in [0.3, 0.4) is 0 Å². The van der Waals surface area contributed by atoms with Crippen LogP contribution in [0.5, 0.6) is 5.75 Å². The molecule has 0 saturated heterocycles. The molecule has 1 aliphatic rings. The first-order valence-electron chi connectivity index (χ1n) is 7.96. The van der Waals surface area contributed by atoms with Crippen molar-refractivity contribution in [2.24, 2.45) is 0 Å². The van der Waals surface area contributed by atoms with E-state index in [0.717, 1.165) is 16.9 Å². The van der Waals surface area contributed by atoms with E-state index in [4.69, 9.17) is 9.47 Å². The Morgan fingerprint density at radius 2 is 1.91 bits per heavy atom. The number of carbonyl (C=O) groups excluding carboxylic acids is 1. The van der Waals surface area contributed by atoms with E-state index < -0.39 is 0 Å². The Bertz CT molecular complexity index is 642. The lowest BCUT2D eigenvalue weighted by Gasteiger charge is -2.25. The van der Waals surface area contributed by atoms with Crippen molar-refractivity contribution >= 4 is 5.91 Å². The number of hydrogen-bond acceptors (Lipinski definition) is 3. The second-order valence-electron chi connectivity index (χ2n) is 5.56. The van der Waals surface area contributed by atoms with Gasteiger partial charge in [0.1, 0.15) is 5.75 Å². The zero-order valence-electron chi connectivity index (χ0n) is 13.0. The predicted octanol–water partition coefficient (Wildman–Crippen LogP) is 2.89. The second-order valence-corrected chi connectivity index (χ2v) is 5.56. The van der Waals surface area contributed by atoms with Crippen LogP contribution in [0.4, 0.5) is 0 Å². The molecule has 0 aromatic heterocycles. The molecule has 3 rings (SSSR count). The highest BCUT2D eigenvalue weighted by atomic mass is 16.5. The predicted molar refractivity (Wildman–Crippen MR) is 88.4 cm³/mol. The third-order valence-corrected chi connectivity index (χ3v) is 3.93. The van der Waals surface area contributed by atoms with Crippen LogP contribution in [0.15, 0.2) is 54.6 Å². The second kappa shape index (κ2) is 7.79. The molecular weight excluding hydrogens is 290 g/mol. The van der Waals surface area contributed by atoms with Gasteiger partial charge in [-0.2, -0.15) is 0 Å². The zero-order chi connectivity index (χ0) is 15.9. The Hall–Kier alpha value is -2.33. The SMILES string of the molecule is O=C(NCCOCc1ccccc1)[C@@H]1CCOc2ccccc21. The van der Waals surface area contributed by atoms with Crippen LogP contribution in [0.25, 0.3) is 0 Å². The van der Waals surface area contributed by atoms with Gasteiger partial charge in [0.2, 0.25) is 5.91 Å². The van der Waals surface area contributed by atoms with Crippen LogP contribution < -0.4 is 10.1 Å². The van der Waals surface area contributed by atoms with Gasteiger partial charge >= 0.3 is 0 Å². The zero-order valence-corrected chi connectivity index (χ0v) is 13.0. The number of nitrogens with one attached hydrogen (secondary N) is 1. The largest absolute Gasteiger partial charge is 0.493 e. The first kappa shape index (κ1) is 15.6. The van der Waals surface area contributed by atoms with E-state index in [1.165, 1.54) is 0 Å². The molecule has 0 saturated carbocycles. The van der Waals surface area contributed by atoms with Crippen LogP contribution >= 0.6 is 0 Å². The van der Waals surface area contributed by atoms with Crippen LogP contribution in [-0.4, -0.2) is 25.7 Å². The molecule has 120 valence electrons. The summed E-state index contributed by atoms with van der Waals surface area (Å²) in [5.74, 6) is 0.734. The van der Waals surface area contributed by atoms with E-state index in [-0.39, 0.29) is 11.8 Å². The molecule has 1 aliphatic heterocycles. The van der Waals surface area contributed by atoms with Crippen LogP contribution in [0, 0.1) is 0 Å². The maximum Gasteiger partial charge on any atom is 0.227 e. The van der Waals surface area contributed by atoms with Crippen LogP contribution in [-0.2, 0) is 16.1 Å². The minimum absolute atomic E-state index is 0.0454. The Balaban J connectivity index is 1.43. The molecule has 0 radical (unpaired) electrons. The number of ether oxygens (including phenoxy) is 2. The van der Waals surface area contributed by atoms with Crippen molar-refractivity contribution < 1.29 is 14.3 Å². The Morgan fingerprint density at radius 3 is 2.78 bits per heavy atom. The molecule has 2 aromatic carbocycles. The van der Waals surface area contributed by atoms with Gasteiger partial charge in [0.15, 0.2) is 0 Å². The minimum atomic E-state index is -0.130. The fraction of sp³-hybridized carbons (Fsp3) is 0.316. The summed E-state index contributed by atoms with van der Waals surface area (Å²) in [6.07, 6.45) is 0.716. The molecule has 0 bridgehead atoms. The molecule has 1 N–H and O–H groups in total. The maximum atomic E-state index is 12.4. The molecule has 0 spiro atoms. The fourth-order valence-electron chi connectivity index (χ4n) is 2.75. The Kier molecular flexibility index (Phi) is 5.27. The summed E-state index contributed by atoms with van der Waals surface area (Å²) in [4.78, 5) is 12.4. The van der Waals surface area contributed by atoms with Gasteiger partial charge in [-0.1, -0.05) is 48.5 Å². The topological polar surface area (TPSA) is 47.6 Å². The fourth-order valence-corrected chi connectivity index (χ4v) is 2.75. The summed E-state index contributed by atoms with van der Waals surface area (Å²) in [7, 11) is 0. The normalized spacial score (nSPS) is 16.3. The van der Waals surface area contributed by atoms with Gasteiger partial charge in [-0.3, -0.25) is 4.79 Å². The van der Waals surface area contributed by atoms with E-state index in [1.54, 1.807) is 0 Å².